The van der Waals surface area contributed by atoms with Crippen molar-refractivity contribution in [3.05, 3.63) is 29.8 Å². The number of hydrogen-bond acceptors (Lipinski definition) is 4. The predicted octanol–water partition coefficient (Wildman–Crippen LogP) is 3.06. The molecule has 0 amide bonds. The average molecular weight is 290 g/mol. The average Bonchev–Trinajstić information content (AvgIpc) is 2.37. The Labute approximate surface area is 109 Å². The second kappa shape index (κ2) is 6.00. The summed E-state index contributed by atoms with van der Waals surface area (Å²) in [4.78, 5) is 0.104. The minimum atomic E-state index is -3.80. The molecule has 0 heterocycles. The minimum absolute atomic E-state index is 0.104. The van der Waals surface area contributed by atoms with Gasteiger partial charge in [0.15, 0.2) is 0 Å². The molecule has 1 rings (SSSR count). The standard InChI is InChI=1S/C12H19O4PS/c1-4-17(13,5-2)10-16-18(14,15)12-8-6-11(3)7-9-12/h6-9H,4-5,10H2,1-3H3. The third-order valence-electron chi connectivity index (χ3n) is 2.91. The van der Waals surface area contributed by atoms with Crippen molar-refractivity contribution in [3.63, 3.8) is 0 Å². The summed E-state index contributed by atoms with van der Waals surface area (Å²) in [6.45, 7) is 5.44. The molecular formula is C12H19O4PS. The Balaban J connectivity index is 2.83. The van der Waals surface area contributed by atoms with Crippen molar-refractivity contribution in [1.82, 2.24) is 0 Å². The van der Waals surface area contributed by atoms with Crippen LogP contribution in [0.3, 0.4) is 0 Å². The van der Waals surface area contributed by atoms with E-state index in [0.717, 1.165) is 5.56 Å². The Bertz CT molecular complexity index is 526. The highest BCUT2D eigenvalue weighted by molar-refractivity contribution is 7.87. The summed E-state index contributed by atoms with van der Waals surface area (Å²) in [5.41, 5.74) is 0.974. The zero-order valence-corrected chi connectivity index (χ0v) is 12.6. The SMILES string of the molecule is CCP(=O)(CC)COS(=O)(=O)c1ccc(C)cc1. The van der Waals surface area contributed by atoms with E-state index in [1.807, 2.05) is 6.92 Å². The highest BCUT2D eigenvalue weighted by Crippen LogP contribution is 2.45. The van der Waals surface area contributed by atoms with Crippen LogP contribution in [0.4, 0.5) is 0 Å². The number of benzene rings is 1. The van der Waals surface area contributed by atoms with Gasteiger partial charge in [-0.05, 0) is 19.1 Å². The van der Waals surface area contributed by atoms with Crippen molar-refractivity contribution in [2.24, 2.45) is 0 Å². The molecule has 0 bridgehead atoms. The Morgan fingerprint density at radius 1 is 1.11 bits per heavy atom. The molecule has 4 nitrogen and oxygen atoms in total. The molecule has 18 heavy (non-hydrogen) atoms. The van der Waals surface area contributed by atoms with E-state index in [1.165, 1.54) is 12.1 Å². The first-order valence-corrected chi connectivity index (χ1v) is 9.53. The number of rotatable bonds is 6. The number of hydrogen-bond donors (Lipinski definition) is 0. The van der Waals surface area contributed by atoms with E-state index in [-0.39, 0.29) is 11.2 Å². The molecule has 6 heteroatoms. The summed E-state index contributed by atoms with van der Waals surface area (Å²) in [5, 5.41) is 0. The molecule has 0 radical (unpaired) electrons. The lowest BCUT2D eigenvalue weighted by atomic mass is 10.2. The van der Waals surface area contributed by atoms with E-state index in [4.69, 9.17) is 4.18 Å². The van der Waals surface area contributed by atoms with Gasteiger partial charge in [0, 0.05) is 12.3 Å². The maximum absolute atomic E-state index is 12.1. The minimum Gasteiger partial charge on any atom is -0.321 e. The maximum atomic E-state index is 12.1. The Hall–Kier alpha value is -0.640. The highest BCUT2D eigenvalue weighted by atomic mass is 32.2. The molecule has 1 aromatic carbocycles. The van der Waals surface area contributed by atoms with Gasteiger partial charge in [-0.3, -0.25) is 4.18 Å². The summed E-state index contributed by atoms with van der Waals surface area (Å²) in [7, 11) is -6.31. The second-order valence-corrected chi connectivity index (χ2v) is 9.46. The molecule has 0 spiro atoms. The van der Waals surface area contributed by atoms with E-state index in [9.17, 15) is 13.0 Å². The van der Waals surface area contributed by atoms with Crippen LogP contribution in [0.25, 0.3) is 0 Å². The van der Waals surface area contributed by atoms with Crippen LogP contribution >= 0.6 is 7.14 Å². The van der Waals surface area contributed by atoms with Crippen molar-refractivity contribution in [3.8, 4) is 0 Å². The van der Waals surface area contributed by atoms with Crippen molar-refractivity contribution in [2.75, 3.05) is 18.7 Å². The second-order valence-electron chi connectivity index (χ2n) is 4.20. The first kappa shape index (κ1) is 15.4. The molecule has 0 atom stereocenters. The molecule has 0 saturated heterocycles. The van der Waals surface area contributed by atoms with Gasteiger partial charge in [0.1, 0.15) is 13.5 Å². The Kier molecular flexibility index (Phi) is 5.14. The zero-order valence-electron chi connectivity index (χ0n) is 10.9. The molecule has 0 aliphatic rings. The van der Waals surface area contributed by atoms with Crippen LogP contribution in [0.5, 0.6) is 0 Å². The predicted molar refractivity (Wildman–Crippen MR) is 73.0 cm³/mol. The molecule has 102 valence electrons. The first-order chi connectivity index (χ1) is 8.33. The Morgan fingerprint density at radius 3 is 2.06 bits per heavy atom. The van der Waals surface area contributed by atoms with E-state index in [1.54, 1.807) is 26.0 Å². The fraction of sp³-hybridized carbons (Fsp3) is 0.500. The van der Waals surface area contributed by atoms with Crippen molar-refractivity contribution in [2.45, 2.75) is 25.7 Å². The molecule has 0 fully saturated rings. The van der Waals surface area contributed by atoms with Gasteiger partial charge in [-0.25, -0.2) is 0 Å². The summed E-state index contributed by atoms with van der Waals surface area (Å²) in [6.07, 6.45) is 0.691. The molecule has 0 N–H and O–H groups in total. The van der Waals surface area contributed by atoms with Crippen molar-refractivity contribution < 1.29 is 17.2 Å². The first-order valence-electron chi connectivity index (χ1n) is 5.86. The molecular weight excluding hydrogens is 271 g/mol. The van der Waals surface area contributed by atoms with Crippen LogP contribution in [0.2, 0.25) is 0 Å². The van der Waals surface area contributed by atoms with Gasteiger partial charge < -0.3 is 4.57 Å². The third kappa shape index (κ3) is 3.94. The zero-order chi connectivity index (χ0) is 13.8. The van der Waals surface area contributed by atoms with Crippen LogP contribution in [0, 0.1) is 6.92 Å². The van der Waals surface area contributed by atoms with E-state index in [2.05, 4.69) is 0 Å². The van der Waals surface area contributed by atoms with Gasteiger partial charge in [-0.15, -0.1) is 0 Å². The molecule has 1 aromatic rings. The Morgan fingerprint density at radius 2 is 1.61 bits per heavy atom. The summed E-state index contributed by atoms with van der Waals surface area (Å²) in [6, 6.07) is 6.39. The van der Waals surface area contributed by atoms with Gasteiger partial charge in [-0.2, -0.15) is 8.42 Å². The maximum Gasteiger partial charge on any atom is 0.297 e. The summed E-state index contributed by atoms with van der Waals surface area (Å²) in [5.74, 6) is 0. The highest BCUT2D eigenvalue weighted by Gasteiger charge is 2.23. The van der Waals surface area contributed by atoms with Gasteiger partial charge in [0.2, 0.25) is 0 Å². The van der Waals surface area contributed by atoms with E-state index < -0.39 is 17.3 Å². The number of aryl methyl sites for hydroxylation is 1. The molecule has 0 aliphatic carbocycles. The molecule has 0 aromatic heterocycles. The van der Waals surface area contributed by atoms with Crippen LogP contribution < -0.4 is 0 Å². The van der Waals surface area contributed by atoms with Gasteiger partial charge in [-0.1, -0.05) is 31.5 Å². The van der Waals surface area contributed by atoms with Gasteiger partial charge in [0.25, 0.3) is 10.1 Å². The lowest BCUT2D eigenvalue weighted by molar-refractivity contribution is 0.368. The third-order valence-corrected chi connectivity index (χ3v) is 7.26. The van der Waals surface area contributed by atoms with Crippen LogP contribution in [0.15, 0.2) is 29.2 Å². The van der Waals surface area contributed by atoms with Gasteiger partial charge >= 0.3 is 0 Å². The quantitative estimate of drug-likeness (QED) is 0.596. The van der Waals surface area contributed by atoms with Crippen molar-refractivity contribution >= 4 is 17.3 Å². The van der Waals surface area contributed by atoms with E-state index in [0.29, 0.717) is 12.3 Å². The largest absolute Gasteiger partial charge is 0.321 e. The summed E-state index contributed by atoms with van der Waals surface area (Å²) >= 11 is 0. The molecule has 0 aliphatic heterocycles. The van der Waals surface area contributed by atoms with Crippen LogP contribution in [0.1, 0.15) is 19.4 Å². The fourth-order valence-electron chi connectivity index (χ4n) is 1.34. The lowest BCUT2D eigenvalue weighted by Crippen LogP contribution is -2.09. The summed E-state index contributed by atoms with van der Waals surface area (Å²) < 4.78 is 40.8. The normalized spacial score (nSPS) is 12.6. The monoisotopic (exact) mass is 290 g/mol. The topological polar surface area (TPSA) is 60.4 Å². The van der Waals surface area contributed by atoms with Crippen molar-refractivity contribution in [1.29, 1.82) is 0 Å². The molecule has 0 saturated carbocycles. The van der Waals surface area contributed by atoms with Crippen LogP contribution in [-0.2, 0) is 18.9 Å². The fourth-order valence-corrected chi connectivity index (χ4v) is 4.09. The smallest absolute Gasteiger partial charge is 0.297 e. The van der Waals surface area contributed by atoms with Gasteiger partial charge in [0.05, 0.1) is 4.90 Å². The van der Waals surface area contributed by atoms with Crippen LogP contribution in [-0.4, -0.2) is 27.1 Å². The van der Waals surface area contributed by atoms with E-state index >= 15 is 0 Å². The lowest BCUT2D eigenvalue weighted by Gasteiger charge is -2.14. The molecule has 0 unspecified atom stereocenters.